The molecule has 2 aromatic heterocycles. The van der Waals surface area contributed by atoms with Crippen LogP contribution in [0, 0.1) is 0 Å². The zero-order chi connectivity index (χ0) is 26.5. The van der Waals surface area contributed by atoms with Crippen molar-refractivity contribution in [3.05, 3.63) is 53.9 Å². The van der Waals surface area contributed by atoms with Gasteiger partial charge in [0.15, 0.2) is 0 Å². The van der Waals surface area contributed by atoms with Crippen LogP contribution in [0.25, 0.3) is 11.3 Å². The molecule has 0 amide bonds. The third-order valence-electron chi connectivity index (χ3n) is 5.20. The first kappa shape index (κ1) is 26.5. The van der Waals surface area contributed by atoms with E-state index >= 15 is 0 Å². The lowest BCUT2D eigenvalue weighted by molar-refractivity contribution is -0.137. The van der Waals surface area contributed by atoms with Crippen molar-refractivity contribution in [2.24, 2.45) is 0 Å². The van der Waals surface area contributed by atoms with E-state index in [1.165, 1.54) is 25.3 Å². The number of carbonyl (C=O) groups is 1. The Morgan fingerprint density at radius 3 is 2.25 bits per heavy atom. The second-order valence-electron chi connectivity index (χ2n) is 8.06. The molecule has 0 saturated heterocycles. The van der Waals surface area contributed by atoms with Crippen LogP contribution in [0.3, 0.4) is 0 Å². The van der Waals surface area contributed by atoms with Gasteiger partial charge in [-0.05, 0) is 23.8 Å². The Hall–Kier alpha value is -4.09. The Morgan fingerprint density at radius 1 is 1.08 bits per heavy atom. The number of benzene rings is 1. The van der Waals surface area contributed by atoms with E-state index in [4.69, 9.17) is 9.47 Å². The van der Waals surface area contributed by atoms with Gasteiger partial charge in [0, 0.05) is 38.5 Å². The van der Waals surface area contributed by atoms with E-state index in [9.17, 15) is 23.1 Å². The van der Waals surface area contributed by atoms with E-state index in [-0.39, 0.29) is 23.8 Å². The Labute approximate surface area is 205 Å². The number of hydrogen-bond acceptors (Lipinski definition) is 8. The van der Waals surface area contributed by atoms with Crippen LogP contribution in [0.4, 0.5) is 24.9 Å². The van der Waals surface area contributed by atoms with Crippen LogP contribution in [0.5, 0.6) is 11.5 Å². The molecule has 1 unspecified atom stereocenters. The molecule has 2 N–H and O–H groups in total. The quantitative estimate of drug-likeness (QED) is 0.425. The highest BCUT2D eigenvalue weighted by Crippen LogP contribution is 2.37. The van der Waals surface area contributed by atoms with Gasteiger partial charge in [-0.15, -0.1) is 0 Å². The molecule has 12 heteroatoms. The summed E-state index contributed by atoms with van der Waals surface area (Å²) in [6, 6.07) is 7.42. The normalized spacial score (nSPS) is 12.1. The number of rotatable bonds is 10. The highest BCUT2D eigenvalue weighted by atomic mass is 19.4. The molecular formula is C24H26F3N5O4. The fraction of sp³-hybridized carbons (Fsp3) is 0.333. The van der Waals surface area contributed by atoms with E-state index in [1.54, 1.807) is 44.4 Å². The third kappa shape index (κ3) is 6.52. The van der Waals surface area contributed by atoms with E-state index in [0.717, 1.165) is 6.20 Å². The predicted molar refractivity (Wildman–Crippen MR) is 128 cm³/mol. The summed E-state index contributed by atoms with van der Waals surface area (Å²) in [5.74, 6) is -0.200. The topological polar surface area (TPSA) is 110 Å². The molecule has 0 radical (unpaired) electrons. The summed E-state index contributed by atoms with van der Waals surface area (Å²) in [6.45, 7) is 0. The van der Waals surface area contributed by atoms with Gasteiger partial charge in [0.2, 0.25) is 5.95 Å². The van der Waals surface area contributed by atoms with Crippen LogP contribution in [0.15, 0.2) is 42.7 Å². The van der Waals surface area contributed by atoms with Crippen molar-refractivity contribution < 1.29 is 32.5 Å². The van der Waals surface area contributed by atoms with Crippen molar-refractivity contribution in [3.63, 3.8) is 0 Å². The monoisotopic (exact) mass is 505 g/mol. The molecule has 3 rings (SSSR count). The van der Waals surface area contributed by atoms with Crippen molar-refractivity contribution in [2.75, 3.05) is 38.5 Å². The number of nitrogens with one attached hydrogen (secondary N) is 1. The minimum atomic E-state index is -4.52. The average Bonchev–Trinajstić information content (AvgIpc) is 2.83. The average molecular weight is 505 g/mol. The maximum absolute atomic E-state index is 13.1. The summed E-state index contributed by atoms with van der Waals surface area (Å²) in [4.78, 5) is 26.0. The number of alkyl halides is 3. The molecule has 192 valence electrons. The summed E-state index contributed by atoms with van der Waals surface area (Å²) < 4.78 is 50.0. The van der Waals surface area contributed by atoms with E-state index in [1.807, 2.05) is 0 Å². The molecule has 3 aromatic rings. The Bertz CT molecular complexity index is 1180. The van der Waals surface area contributed by atoms with Crippen molar-refractivity contribution in [1.82, 2.24) is 15.0 Å². The molecular weight excluding hydrogens is 479 g/mol. The van der Waals surface area contributed by atoms with E-state index in [2.05, 4.69) is 20.3 Å². The molecule has 2 heterocycles. The summed E-state index contributed by atoms with van der Waals surface area (Å²) in [5.41, 5.74) is 1.48. The van der Waals surface area contributed by atoms with Crippen molar-refractivity contribution in [2.45, 2.75) is 25.1 Å². The number of nitrogens with zero attached hydrogens (tertiary/aromatic N) is 4. The van der Waals surface area contributed by atoms with Gasteiger partial charge in [-0.3, -0.25) is 4.98 Å². The first-order chi connectivity index (χ1) is 17.0. The first-order valence-electron chi connectivity index (χ1n) is 10.8. The smallest absolute Gasteiger partial charge is 0.393 e. The van der Waals surface area contributed by atoms with Gasteiger partial charge in [0.05, 0.1) is 31.9 Å². The summed E-state index contributed by atoms with van der Waals surface area (Å²) in [6.07, 6.45) is -3.32. The van der Waals surface area contributed by atoms with Gasteiger partial charge in [-0.2, -0.15) is 18.2 Å². The molecule has 0 aliphatic carbocycles. The lowest BCUT2D eigenvalue weighted by Crippen LogP contribution is -2.33. The zero-order valence-corrected chi connectivity index (χ0v) is 20.1. The Kier molecular flexibility index (Phi) is 8.18. The number of ether oxygens (including phenoxy) is 2. The summed E-state index contributed by atoms with van der Waals surface area (Å²) >= 11 is 0. The number of carboxylic acid groups (broad SMARTS) is 1. The van der Waals surface area contributed by atoms with Crippen molar-refractivity contribution in [1.29, 1.82) is 0 Å². The van der Waals surface area contributed by atoms with Crippen LogP contribution in [0.2, 0.25) is 0 Å². The van der Waals surface area contributed by atoms with Gasteiger partial charge in [-0.25, -0.2) is 9.78 Å². The Morgan fingerprint density at radius 2 is 1.75 bits per heavy atom. The van der Waals surface area contributed by atoms with Crippen molar-refractivity contribution in [3.8, 4) is 22.8 Å². The molecule has 1 aromatic carbocycles. The maximum Gasteiger partial charge on any atom is 0.393 e. The highest BCUT2D eigenvalue weighted by molar-refractivity contribution is 5.78. The molecule has 36 heavy (non-hydrogen) atoms. The number of hydrogen-bond donors (Lipinski definition) is 2. The zero-order valence-electron chi connectivity index (χ0n) is 20.1. The van der Waals surface area contributed by atoms with Crippen LogP contribution in [-0.2, 0) is 17.6 Å². The number of anilines is 2. The van der Waals surface area contributed by atoms with Gasteiger partial charge in [0.25, 0.3) is 0 Å². The molecule has 0 aliphatic heterocycles. The lowest BCUT2D eigenvalue weighted by atomic mass is 10.0. The van der Waals surface area contributed by atoms with Crippen molar-refractivity contribution >= 4 is 17.7 Å². The fourth-order valence-corrected chi connectivity index (χ4v) is 3.48. The summed E-state index contributed by atoms with van der Waals surface area (Å²) in [7, 11) is 6.30. The molecule has 0 aliphatic rings. The Balaban J connectivity index is 1.88. The van der Waals surface area contributed by atoms with Crippen LogP contribution in [-0.4, -0.2) is 66.6 Å². The number of carboxylic acids is 1. The minimum Gasteiger partial charge on any atom is -0.496 e. The first-order valence-corrected chi connectivity index (χ1v) is 10.8. The minimum absolute atomic E-state index is 0.0571. The highest BCUT2D eigenvalue weighted by Gasteiger charge is 2.31. The largest absolute Gasteiger partial charge is 0.496 e. The second-order valence-corrected chi connectivity index (χ2v) is 8.06. The molecule has 0 spiro atoms. The molecule has 9 nitrogen and oxygen atoms in total. The SMILES string of the molecule is COc1cccc(OC)c1-c1ccc(CC(Nc2nc(N(C)C)ncc2CC(F)(F)F)C(=O)O)cn1. The predicted octanol–water partition coefficient (Wildman–Crippen LogP) is 3.83. The summed E-state index contributed by atoms with van der Waals surface area (Å²) in [5, 5.41) is 12.4. The number of methoxy groups -OCH3 is 2. The van der Waals surface area contributed by atoms with Gasteiger partial charge in [0.1, 0.15) is 23.4 Å². The second kappa shape index (κ2) is 11.1. The standard InChI is InChI=1S/C24H26F3N5O4/c1-32(2)23-29-13-15(11-24(25,26)27)21(31-23)30-17(22(33)34)10-14-8-9-16(28-12-14)20-18(35-3)6-5-7-19(20)36-4/h5-9,12-13,17H,10-11H2,1-4H3,(H,33,34)(H,29,30,31). The van der Waals surface area contributed by atoms with Gasteiger partial charge in [-0.1, -0.05) is 12.1 Å². The molecule has 0 saturated carbocycles. The van der Waals surface area contributed by atoms with Crippen LogP contribution >= 0.6 is 0 Å². The molecule has 1 atom stereocenters. The van der Waals surface area contributed by atoms with Gasteiger partial charge >= 0.3 is 12.1 Å². The third-order valence-corrected chi connectivity index (χ3v) is 5.20. The van der Waals surface area contributed by atoms with Crippen LogP contribution in [0.1, 0.15) is 11.1 Å². The van der Waals surface area contributed by atoms with Crippen LogP contribution < -0.4 is 19.7 Å². The lowest BCUT2D eigenvalue weighted by Gasteiger charge is -2.20. The van der Waals surface area contributed by atoms with E-state index in [0.29, 0.717) is 28.3 Å². The van der Waals surface area contributed by atoms with E-state index < -0.39 is 24.6 Å². The maximum atomic E-state index is 13.1. The van der Waals surface area contributed by atoms with Gasteiger partial charge < -0.3 is 24.8 Å². The number of aromatic nitrogens is 3. The number of pyridine rings is 1. The molecule has 0 bridgehead atoms. The number of aliphatic carboxylic acids is 1. The number of halogens is 3. The molecule has 0 fully saturated rings. The fourth-order valence-electron chi connectivity index (χ4n) is 3.48.